The van der Waals surface area contributed by atoms with Gasteiger partial charge < -0.3 is 4.90 Å². The van der Waals surface area contributed by atoms with Gasteiger partial charge in [-0.15, -0.1) is 0 Å². The Morgan fingerprint density at radius 1 is 1.00 bits per heavy atom. The molecule has 1 unspecified atom stereocenters. The van der Waals surface area contributed by atoms with Gasteiger partial charge in [-0.1, -0.05) is 24.4 Å². The summed E-state index contributed by atoms with van der Waals surface area (Å²) < 4.78 is 4.74. The van der Waals surface area contributed by atoms with Crippen LogP contribution in [0.15, 0.2) is 4.63 Å². The molecule has 2 aliphatic heterocycles. The predicted octanol–water partition coefficient (Wildman–Crippen LogP) is 3.31. The molecule has 2 aromatic heterocycles. The van der Waals surface area contributed by atoms with E-state index in [4.69, 9.17) is 14.6 Å². The molecule has 2 amide bonds. The lowest BCUT2D eigenvalue weighted by Gasteiger charge is -2.34. The lowest BCUT2D eigenvalue weighted by molar-refractivity contribution is -0.119. The minimum absolute atomic E-state index is 0.149. The summed E-state index contributed by atoms with van der Waals surface area (Å²) in [5, 5.41) is 7.54. The Balaban J connectivity index is 1.46. The van der Waals surface area contributed by atoms with Gasteiger partial charge in [-0.25, -0.2) is 14.6 Å². The minimum atomic E-state index is -0.240. The zero-order chi connectivity index (χ0) is 22.2. The third-order valence-corrected chi connectivity index (χ3v) is 7.19. The van der Waals surface area contributed by atoms with Crippen LogP contribution in [-0.4, -0.2) is 50.1 Å². The lowest BCUT2D eigenvalue weighted by atomic mass is 9.88. The summed E-state index contributed by atoms with van der Waals surface area (Å²) in [7, 11) is 0. The van der Waals surface area contributed by atoms with Gasteiger partial charge in [-0.3, -0.25) is 14.5 Å². The summed E-state index contributed by atoms with van der Waals surface area (Å²) >= 11 is 0. The minimum Gasteiger partial charge on any atom is -0.327 e. The number of carbonyl (C=O) groups is 2. The van der Waals surface area contributed by atoms with E-state index in [0.29, 0.717) is 36.8 Å². The third kappa shape index (κ3) is 3.78. The second-order valence-electron chi connectivity index (χ2n) is 9.33. The highest BCUT2D eigenvalue weighted by Crippen LogP contribution is 2.36. The SMILES string of the molecule is Cc1nonc1C(=O)N1CCCC1c1nc(C)c2c(n1)N(CC1CCCCC1)C(=O)CC2. The van der Waals surface area contributed by atoms with Gasteiger partial charge in [0, 0.05) is 30.8 Å². The molecule has 2 aromatic rings. The molecular formula is C23H30N6O3. The number of hydrogen-bond acceptors (Lipinski definition) is 7. The maximum absolute atomic E-state index is 13.1. The molecule has 1 aliphatic carbocycles. The Labute approximate surface area is 187 Å². The van der Waals surface area contributed by atoms with E-state index in [0.717, 1.165) is 36.5 Å². The second kappa shape index (κ2) is 8.60. The maximum Gasteiger partial charge on any atom is 0.278 e. The second-order valence-corrected chi connectivity index (χ2v) is 9.33. The molecule has 1 saturated carbocycles. The molecule has 32 heavy (non-hydrogen) atoms. The first-order chi connectivity index (χ1) is 15.5. The number of aromatic nitrogens is 4. The molecule has 1 saturated heterocycles. The first kappa shape index (κ1) is 21.0. The van der Waals surface area contributed by atoms with Crippen molar-refractivity contribution in [1.29, 1.82) is 0 Å². The molecule has 0 N–H and O–H groups in total. The summed E-state index contributed by atoms with van der Waals surface area (Å²) in [6, 6.07) is -0.240. The fraction of sp³-hybridized carbons (Fsp3) is 0.652. The monoisotopic (exact) mass is 438 g/mol. The molecule has 9 nitrogen and oxygen atoms in total. The quantitative estimate of drug-likeness (QED) is 0.721. The fourth-order valence-electron chi connectivity index (χ4n) is 5.41. The normalized spacial score (nSPS) is 21.8. The summed E-state index contributed by atoms with van der Waals surface area (Å²) in [6.07, 6.45) is 8.95. The molecule has 0 bridgehead atoms. The number of likely N-dealkylation sites (tertiary alicyclic amines) is 1. The van der Waals surface area contributed by atoms with Gasteiger partial charge in [0.05, 0.1) is 6.04 Å². The molecular weight excluding hydrogens is 408 g/mol. The number of anilines is 1. The van der Waals surface area contributed by atoms with Gasteiger partial charge >= 0.3 is 0 Å². The average Bonchev–Trinajstić information content (AvgIpc) is 3.45. The van der Waals surface area contributed by atoms with Crippen molar-refractivity contribution in [3.63, 3.8) is 0 Å². The maximum atomic E-state index is 13.1. The molecule has 1 atom stereocenters. The molecule has 2 fully saturated rings. The van der Waals surface area contributed by atoms with E-state index in [1.807, 2.05) is 11.8 Å². The van der Waals surface area contributed by atoms with Crippen LogP contribution in [0.1, 0.15) is 90.7 Å². The summed E-state index contributed by atoms with van der Waals surface area (Å²) in [4.78, 5) is 39.4. The Morgan fingerprint density at radius 3 is 2.56 bits per heavy atom. The van der Waals surface area contributed by atoms with E-state index in [2.05, 4.69) is 10.3 Å². The summed E-state index contributed by atoms with van der Waals surface area (Å²) in [5.41, 5.74) is 2.69. The largest absolute Gasteiger partial charge is 0.327 e. The molecule has 170 valence electrons. The van der Waals surface area contributed by atoms with E-state index >= 15 is 0 Å². The number of nitrogens with zero attached hydrogens (tertiary/aromatic N) is 6. The van der Waals surface area contributed by atoms with Crippen molar-refractivity contribution >= 4 is 17.6 Å². The van der Waals surface area contributed by atoms with Crippen molar-refractivity contribution in [2.24, 2.45) is 5.92 Å². The van der Waals surface area contributed by atoms with Crippen LogP contribution in [0.2, 0.25) is 0 Å². The van der Waals surface area contributed by atoms with E-state index in [9.17, 15) is 9.59 Å². The topological polar surface area (TPSA) is 105 Å². The van der Waals surface area contributed by atoms with E-state index < -0.39 is 0 Å². The van der Waals surface area contributed by atoms with Crippen LogP contribution in [0.4, 0.5) is 5.82 Å². The van der Waals surface area contributed by atoms with Crippen molar-refractivity contribution in [2.45, 2.75) is 77.7 Å². The van der Waals surface area contributed by atoms with Crippen LogP contribution in [0.3, 0.4) is 0 Å². The van der Waals surface area contributed by atoms with Crippen LogP contribution >= 0.6 is 0 Å². The van der Waals surface area contributed by atoms with Crippen molar-refractivity contribution in [3.8, 4) is 0 Å². The summed E-state index contributed by atoms with van der Waals surface area (Å²) in [5.74, 6) is 1.85. The van der Waals surface area contributed by atoms with Crippen LogP contribution in [0, 0.1) is 19.8 Å². The predicted molar refractivity (Wildman–Crippen MR) is 116 cm³/mol. The van der Waals surface area contributed by atoms with Crippen molar-refractivity contribution in [2.75, 3.05) is 18.0 Å². The highest BCUT2D eigenvalue weighted by Gasteiger charge is 2.37. The average molecular weight is 439 g/mol. The van der Waals surface area contributed by atoms with Crippen molar-refractivity contribution in [3.05, 3.63) is 28.5 Å². The Bertz CT molecular complexity index is 1030. The molecule has 0 aromatic carbocycles. The number of amides is 2. The molecule has 3 aliphatic rings. The zero-order valence-corrected chi connectivity index (χ0v) is 18.8. The molecule has 0 spiro atoms. The first-order valence-corrected chi connectivity index (χ1v) is 11.8. The number of hydrogen-bond donors (Lipinski definition) is 0. The van der Waals surface area contributed by atoms with E-state index in [-0.39, 0.29) is 23.6 Å². The van der Waals surface area contributed by atoms with Gasteiger partial charge in [0.25, 0.3) is 5.91 Å². The first-order valence-electron chi connectivity index (χ1n) is 11.8. The van der Waals surface area contributed by atoms with Crippen LogP contribution in [0.5, 0.6) is 0 Å². The van der Waals surface area contributed by atoms with Crippen LogP contribution in [0.25, 0.3) is 0 Å². The lowest BCUT2D eigenvalue weighted by Crippen LogP contribution is -2.41. The van der Waals surface area contributed by atoms with Gasteiger partial charge in [-0.05, 0) is 57.0 Å². The smallest absolute Gasteiger partial charge is 0.278 e. The van der Waals surface area contributed by atoms with Gasteiger partial charge in [0.1, 0.15) is 11.5 Å². The Hall–Kier alpha value is -2.84. The number of fused-ring (bicyclic) bond motifs is 1. The number of aryl methyl sites for hydroxylation is 2. The highest BCUT2D eigenvalue weighted by molar-refractivity contribution is 5.95. The van der Waals surface area contributed by atoms with E-state index in [1.165, 1.54) is 32.1 Å². The Kier molecular flexibility index (Phi) is 5.65. The molecule has 5 rings (SSSR count). The standard InChI is InChI=1S/C23H30N6O3/c1-14-17-10-11-19(30)29(13-16-7-4-3-5-8-16)22(17)25-21(24-14)18-9-6-12-28(18)23(31)20-15(2)26-32-27-20/h16,18H,3-13H2,1-2H3. The van der Waals surface area contributed by atoms with Crippen molar-refractivity contribution in [1.82, 2.24) is 25.2 Å². The van der Waals surface area contributed by atoms with E-state index in [1.54, 1.807) is 11.8 Å². The third-order valence-electron chi connectivity index (χ3n) is 7.19. The fourth-order valence-corrected chi connectivity index (χ4v) is 5.41. The zero-order valence-electron chi connectivity index (χ0n) is 18.8. The molecule has 0 radical (unpaired) electrons. The summed E-state index contributed by atoms with van der Waals surface area (Å²) in [6.45, 7) is 5.05. The van der Waals surface area contributed by atoms with Gasteiger partial charge in [-0.2, -0.15) is 0 Å². The molecule has 9 heteroatoms. The van der Waals surface area contributed by atoms with Crippen molar-refractivity contribution < 1.29 is 14.2 Å². The Morgan fingerprint density at radius 2 is 1.81 bits per heavy atom. The molecule has 4 heterocycles. The van der Waals surface area contributed by atoms with Gasteiger partial charge in [0.15, 0.2) is 11.5 Å². The number of carbonyl (C=O) groups excluding carboxylic acids is 2. The highest BCUT2D eigenvalue weighted by atomic mass is 16.6. The number of rotatable bonds is 4. The van der Waals surface area contributed by atoms with Crippen LogP contribution in [-0.2, 0) is 11.2 Å². The van der Waals surface area contributed by atoms with Crippen LogP contribution < -0.4 is 4.90 Å². The van der Waals surface area contributed by atoms with Gasteiger partial charge in [0.2, 0.25) is 5.91 Å².